The molecule has 11 nitrogen and oxygen atoms in total. The SMILES string of the molecule is CN(c1ccc2c(c1)nc(N(C(N)=O)c1ccccc1)n2C)c1ccnc(Nc2ccc(CS(C)(=O)=O)cc2)n1. The average Bonchev–Trinajstić information content (AvgIpc) is 3.24. The van der Waals surface area contributed by atoms with Crippen LogP contribution in [-0.4, -0.2) is 47.3 Å². The first-order valence-corrected chi connectivity index (χ1v) is 14.4. The van der Waals surface area contributed by atoms with Crippen LogP contribution in [0.5, 0.6) is 0 Å². The normalized spacial score (nSPS) is 11.4. The number of imidazole rings is 1. The Labute approximate surface area is 231 Å². The fourth-order valence-corrected chi connectivity index (χ4v) is 5.15. The predicted octanol–water partition coefficient (Wildman–Crippen LogP) is 4.64. The number of hydrogen-bond acceptors (Lipinski definition) is 8. The van der Waals surface area contributed by atoms with E-state index in [1.807, 2.05) is 60.0 Å². The Morgan fingerprint density at radius 3 is 2.38 bits per heavy atom. The number of nitrogens with two attached hydrogens (primary N) is 1. The molecular formula is C28H28N8O3S. The van der Waals surface area contributed by atoms with Gasteiger partial charge in [-0.1, -0.05) is 30.3 Å². The van der Waals surface area contributed by atoms with E-state index in [1.54, 1.807) is 48.7 Å². The van der Waals surface area contributed by atoms with Gasteiger partial charge in [0.1, 0.15) is 5.82 Å². The number of urea groups is 1. The summed E-state index contributed by atoms with van der Waals surface area (Å²) in [4.78, 5) is 29.3. The van der Waals surface area contributed by atoms with Crippen LogP contribution >= 0.6 is 0 Å². The molecule has 40 heavy (non-hydrogen) atoms. The minimum absolute atomic E-state index is 0.0149. The van der Waals surface area contributed by atoms with Crippen molar-refractivity contribution in [2.24, 2.45) is 12.8 Å². The molecule has 0 atom stereocenters. The van der Waals surface area contributed by atoms with E-state index >= 15 is 0 Å². The number of carbonyl (C=O) groups excluding carboxylic acids is 1. The molecule has 0 aliphatic carbocycles. The molecule has 204 valence electrons. The molecule has 0 fully saturated rings. The molecule has 0 saturated heterocycles. The zero-order valence-corrected chi connectivity index (χ0v) is 23.0. The Morgan fingerprint density at radius 1 is 0.975 bits per heavy atom. The lowest BCUT2D eigenvalue weighted by Gasteiger charge is -2.19. The minimum Gasteiger partial charge on any atom is -0.351 e. The van der Waals surface area contributed by atoms with Crippen molar-refractivity contribution in [3.8, 4) is 0 Å². The molecule has 2 aromatic heterocycles. The van der Waals surface area contributed by atoms with Gasteiger partial charge in [-0.3, -0.25) is 0 Å². The van der Waals surface area contributed by atoms with E-state index in [4.69, 9.17) is 10.7 Å². The number of hydrogen-bond donors (Lipinski definition) is 2. The average molecular weight is 557 g/mol. The monoisotopic (exact) mass is 556 g/mol. The zero-order valence-electron chi connectivity index (χ0n) is 22.2. The largest absolute Gasteiger partial charge is 0.351 e. The fraction of sp³-hybridized carbons (Fsp3) is 0.143. The van der Waals surface area contributed by atoms with E-state index in [1.165, 1.54) is 11.2 Å². The van der Waals surface area contributed by atoms with E-state index in [0.29, 0.717) is 34.5 Å². The maximum Gasteiger partial charge on any atom is 0.326 e. The highest BCUT2D eigenvalue weighted by atomic mass is 32.2. The van der Waals surface area contributed by atoms with E-state index in [0.717, 1.165) is 16.9 Å². The number of sulfone groups is 1. The molecule has 0 bridgehead atoms. The van der Waals surface area contributed by atoms with Crippen molar-refractivity contribution in [3.05, 3.63) is 90.6 Å². The molecular weight excluding hydrogens is 528 g/mol. The highest BCUT2D eigenvalue weighted by Gasteiger charge is 2.22. The molecule has 0 spiro atoms. The summed E-state index contributed by atoms with van der Waals surface area (Å²) in [5.74, 6) is 1.43. The number of primary amides is 1. The number of aryl methyl sites for hydroxylation is 1. The highest BCUT2D eigenvalue weighted by molar-refractivity contribution is 7.89. The van der Waals surface area contributed by atoms with Crippen LogP contribution in [0.1, 0.15) is 5.56 Å². The van der Waals surface area contributed by atoms with Crippen molar-refractivity contribution in [1.29, 1.82) is 0 Å². The Kier molecular flexibility index (Phi) is 7.09. The second-order valence-corrected chi connectivity index (χ2v) is 11.5. The summed E-state index contributed by atoms with van der Waals surface area (Å²) in [6.45, 7) is 0. The maximum atomic E-state index is 12.4. The third-order valence-electron chi connectivity index (χ3n) is 6.29. The fourth-order valence-electron chi connectivity index (χ4n) is 4.35. The number of amides is 2. The van der Waals surface area contributed by atoms with Gasteiger partial charge in [0, 0.05) is 37.9 Å². The third-order valence-corrected chi connectivity index (χ3v) is 7.14. The maximum absolute atomic E-state index is 12.4. The van der Waals surface area contributed by atoms with Crippen molar-refractivity contribution in [1.82, 2.24) is 19.5 Å². The number of anilines is 6. The smallest absolute Gasteiger partial charge is 0.326 e. The zero-order chi connectivity index (χ0) is 28.4. The molecule has 0 aliphatic heterocycles. The molecule has 2 amide bonds. The first kappa shape index (κ1) is 26.6. The summed E-state index contributed by atoms with van der Waals surface area (Å²) in [6.07, 6.45) is 2.86. The summed E-state index contributed by atoms with van der Waals surface area (Å²) >= 11 is 0. The number of aromatic nitrogens is 4. The van der Waals surface area contributed by atoms with E-state index in [9.17, 15) is 13.2 Å². The number of fused-ring (bicyclic) bond motifs is 1. The van der Waals surface area contributed by atoms with Crippen molar-refractivity contribution < 1.29 is 13.2 Å². The number of nitrogens with one attached hydrogen (secondary N) is 1. The summed E-state index contributed by atoms with van der Waals surface area (Å²) in [5, 5.41) is 3.16. The number of para-hydroxylation sites is 1. The second kappa shape index (κ2) is 10.7. The van der Waals surface area contributed by atoms with Crippen LogP contribution in [0.15, 0.2) is 85.1 Å². The highest BCUT2D eigenvalue weighted by Crippen LogP contribution is 2.31. The number of rotatable bonds is 8. The van der Waals surface area contributed by atoms with Gasteiger partial charge in [-0.05, 0) is 54.1 Å². The Morgan fingerprint density at radius 2 is 1.70 bits per heavy atom. The van der Waals surface area contributed by atoms with Crippen LogP contribution in [-0.2, 0) is 22.6 Å². The van der Waals surface area contributed by atoms with Gasteiger partial charge in [0.25, 0.3) is 0 Å². The van der Waals surface area contributed by atoms with E-state index < -0.39 is 15.9 Å². The molecule has 0 aliphatic rings. The van der Waals surface area contributed by atoms with E-state index in [2.05, 4.69) is 15.3 Å². The lowest BCUT2D eigenvalue weighted by atomic mass is 10.2. The quantitative estimate of drug-likeness (QED) is 0.282. The van der Waals surface area contributed by atoms with Crippen molar-refractivity contribution in [2.45, 2.75) is 5.75 Å². The first-order valence-electron chi connectivity index (χ1n) is 12.3. The van der Waals surface area contributed by atoms with Crippen LogP contribution < -0.4 is 20.9 Å². The number of carbonyl (C=O) groups is 1. The molecule has 5 rings (SSSR count). The third kappa shape index (κ3) is 5.71. The Balaban J connectivity index is 1.39. The van der Waals surface area contributed by atoms with Crippen molar-refractivity contribution in [2.75, 3.05) is 28.4 Å². The van der Waals surface area contributed by atoms with Gasteiger partial charge < -0.3 is 20.5 Å². The number of benzene rings is 3. The molecule has 0 saturated carbocycles. The van der Waals surface area contributed by atoms with Gasteiger partial charge in [0.2, 0.25) is 11.9 Å². The molecule has 5 aromatic rings. The van der Waals surface area contributed by atoms with Gasteiger partial charge in [0.15, 0.2) is 9.84 Å². The molecule has 3 N–H and O–H groups in total. The van der Waals surface area contributed by atoms with Gasteiger partial charge in [-0.25, -0.2) is 28.1 Å². The Bertz CT molecular complexity index is 1790. The minimum atomic E-state index is -3.11. The van der Waals surface area contributed by atoms with Crippen molar-refractivity contribution >= 4 is 61.7 Å². The van der Waals surface area contributed by atoms with Crippen LogP contribution in [0.3, 0.4) is 0 Å². The topological polar surface area (TPSA) is 139 Å². The van der Waals surface area contributed by atoms with Crippen LogP contribution in [0.25, 0.3) is 11.0 Å². The summed E-state index contributed by atoms with van der Waals surface area (Å²) < 4.78 is 24.9. The Hall–Kier alpha value is -4.97. The van der Waals surface area contributed by atoms with Crippen LogP contribution in [0.4, 0.5) is 39.6 Å². The molecule has 3 aromatic carbocycles. The second-order valence-electron chi connectivity index (χ2n) is 9.34. The standard InChI is InChI=1S/C28H28N8O3S/c1-34(25-15-16-30-27(33-25)31-20-11-9-19(10-12-20)18-40(3,38)39)22-13-14-24-23(17-22)32-28(35(24)2)36(26(29)37)21-7-5-4-6-8-21/h4-17H,18H2,1-3H3,(H2,29,37)(H,30,31,33). The van der Waals surface area contributed by atoms with Crippen molar-refractivity contribution in [3.63, 3.8) is 0 Å². The molecule has 2 heterocycles. The van der Waals surface area contributed by atoms with E-state index in [-0.39, 0.29) is 5.75 Å². The summed E-state index contributed by atoms with van der Waals surface area (Å²) in [5.41, 5.74) is 10.1. The summed E-state index contributed by atoms with van der Waals surface area (Å²) in [6, 6.07) is 23.2. The van der Waals surface area contributed by atoms with Gasteiger partial charge in [0.05, 0.1) is 22.5 Å². The first-order chi connectivity index (χ1) is 19.1. The van der Waals surface area contributed by atoms with Gasteiger partial charge in [-0.15, -0.1) is 0 Å². The predicted molar refractivity (Wildman–Crippen MR) is 157 cm³/mol. The van der Waals surface area contributed by atoms with Gasteiger partial charge >= 0.3 is 6.03 Å². The lowest BCUT2D eigenvalue weighted by molar-refractivity contribution is 0.255. The van der Waals surface area contributed by atoms with Crippen LogP contribution in [0, 0.1) is 0 Å². The van der Waals surface area contributed by atoms with Gasteiger partial charge in [-0.2, -0.15) is 4.98 Å². The molecule has 12 heteroatoms. The number of nitrogens with zero attached hydrogens (tertiary/aromatic N) is 6. The lowest BCUT2D eigenvalue weighted by Crippen LogP contribution is -2.33. The molecule has 0 unspecified atom stereocenters. The molecule has 0 radical (unpaired) electrons. The summed E-state index contributed by atoms with van der Waals surface area (Å²) in [7, 11) is 0.616. The van der Waals surface area contributed by atoms with Crippen LogP contribution in [0.2, 0.25) is 0 Å².